The first-order chi connectivity index (χ1) is 9.47. The van der Waals surface area contributed by atoms with Crippen LogP contribution in [0.4, 0.5) is 0 Å². The van der Waals surface area contributed by atoms with Gasteiger partial charge in [-0.3, -0.25) is 0 Å². The molecule has 0 amide bonds. The van der Waals surface area contributed by atoms with Gasteiger partial charge in [-0.1, -0.05) is 17.7 Å². The molecule has 1 rings (SSSR count). The van der Waals surface area contributed by atoms with Crippen LogP contribution in [-0.4, -0.2) is 55.6 Å². The summed E-state index contributed by atoms with van der Waals surface area (Å²) in [6.45, 7) is 6.10. The minimum atomic E-state index is -0.478. The summed E-state index contributed by atoms with van der Waals surface area (Å²) in [7, 11) is 1.94. The lowest BCUT2D eigenvalue weighted by Gasteiger charge is -2.21. The first kappa shape index (κ1) is 17.2. The molecule has 0 aliphatic heterocycles. The van der Waals surface area contributed by atoms with E-state index >= 15 is 0 Å². The molecule has 114 valence electrons. The average molecular weight is 302 g/mol. The Morgan fingerprint density at radius 3 is 2.75 bits per heavy atom. The topological polar surface area (TPSA) is 41.9 Å². The summed E-state index contributed by atoms with van der Waals surface area (Å²) in [5, 5.41) is 10.5. The van der Waals surface area contributed by atoms with Crippen LogP contribution >= 0.6 is 11.6 Å². The van der Waals surface area contributed by atoms with Crippen molar-refractivity contribution in [3.63, 3.8) is 0 Å². The van der Waals surface area contributed by atoms with Crippen LogP contribution in [0, 0.1) is 0 Å². The summed E-state index contributed by atoms with van der Waals surface area (Å²) in [4.78, 5) is 2.01. The Morgan fingerprint density at radius 1 is 1.35 bits per heavy atom. The lowest BCUT2D eigenvalue weighted by Crippen LogP contribution is -2.35. The molecule has 20 heavy (non-hydrogen) atoms. The Morgan fingerprint density at radius 2 is 2.10 bits per heavy atom. The zero-order valence-corrected chi connectivity index (χ0v) is 13.1. The number of rotatable bonds is 9. The van der Waals surface area contributed by atoms with Crippen LogP contribution in [-0.2, 0) is 4.74 Å². The molecule has 4 nitrogen and oxygen atoms in total. The van der Waals surface area contributed by atoms with Crippen molar-refractivity contribution in [1.82, 2.24) is 4.90 Å². The lowest BCUT2D eigenvalue weighted by atomic mass is 10.3. The Hall–Kier alpha value is -0.810. The van der Waals surface area contributed by atoms with Crippen LogP contribution < -0.4 is 4.74 Å². The third kappa shape index (κ3) is 7.70. The van der Waals surface area contributed by atoms with E-state index in [9.17, 15) is 5.11 Å². The van der Waals surface area contributed by atoms with Gasteiger partial charge in [-0.2, -0.15) is 0 Å². The van der Waals surface area contributed by atoms with E-state index in [-0.39, 0.29) is 6.10 Å². The van der Waals surface area contributed by atoms with Gasteiger partial charge in [-0.25, -0.2) is 0 Å². The summed E-state index contributed by atoms with van der Waals surface area (Å²) in [5.41, 5.74) is 0. The first-order valence-corrected chi connectivity index (χ1v) is 7.21. The number of hydrogen-bond acceptors (Lipinski definition) is 4. The van der Waals surface area contributed by atoms with Gasteiger partial charge in [0.25, 0.3) is 0 Å². The van der Waals surface area contributed by atoms with E-state index in [1.165, 1.54) is 0 Å². The minimum absolute atomic E-state index is 0.140. The van der Waals surface area contributed by atoms with Crippen molar-refractivity contribution < 1.29 is 14.6 Å². The molecule has 1 N–H and O–H groups in total. The summed E-state index contributed by atoms with van der Waals surface area (Å²) in [6.07, 6.45) is -0.338. The quantitative estimate of drug-likeness (QED) is 0.761. The molecule has 0 bridgehead atoms. The zero-order valence-electron chi connectivity index (χ0n) is 12.4. The van der Waals surface area contributed by atoms with E-state index in [2.05, 4.69) is 0 Å². The van der Waals surface area contributed by atoms with E-state index in [1.54, 1.807) is 6.07 Å². The normalized spacial score (nSPS) is 12.9. The number of halogens is 1. The molecule has 0 spiro atoms. The smallest absolute Gasteiger partial charge is 0.120 e. The number of ether oxygens (including phenoxy) is 2. The Labute approximate surface area is 126 Å². The molecule has 0 saturated heterocycles. The Bertz CT molecular complexity index is 387. The van der Waals surface area contributed by atoms with E-state index in [4.69, 9.17) is 21.1 Å². The van der Waals surface area contributed by atoms with E-state index in [0.29, 0.717) is 24.8 Å². The molecule has 0 heterocycles. The van der Waals surface area contributed by atoms with Gasteiger partial charge in [0.15, 0.2) is 0 Å². The van der Waals surface area contributed by atoms with Crippen molar-refractivity contribution in [1.29, 1.82) is 0 Å². The van der Waals surface area contributed by atoms with Gasteiger partial charge in [-0.05, 0) is 39.1 Å². The molecule has 1 aromatic carbocycles. The number of benzene rings is 1. The summed E-state index contributed by atoms with van der Waals surface area (Å²) in [6, 6.07) is 7.32. The van der Waals surface area contributed by atoms with Gasteiger partial charge >= 0.3 is 0 Å². The highest BCUT2D eigenvalue weighted by Gasteiger charge is 2.09. The summed E-state index contributed by atoms with van der Waals surface area (Å²) >= 11 is 5.88. The molecule has 0 aliphatic rings. The predicted octanol–water partition coefficient (Wildman–Crippen LogP) is 2.44. The fraction of sp³-hybridized carbons (Fsp3) is 0.600. The second-order valence-corrected chi connectivity index (χ2v) is 5.54. The van der Waals surface area contributed by atoms with Gasteiger partial charge in [0.05, 0.1) is 18.8 Å². The first-order valence-electron chi connectivity index (χ1n) is 6.84. The minimum Gasteiger partial charge on any atom is -0.492 e. The Kier molecular flexibility index (Phi) is 7.92. The number of likely N-dealkylation sites (N-methyl/N-ethyl adjacent to an activating group) is 1. The fourth-order valence-electron chi connectivity index (χ4n) is 1.68. The summed E-state index contributed by atoms with van der Waals surface area (Å²) < 4.78 is 11.0. The van der Waals surface area contributed by atoms with E-state index < -0.39 is 6.10 Å². The van der Waals surface area contributed by atoms with Gasteiger partial charge in [0.1, 0.15) is 12.4 Å². The average Bonchev–Trinajstić information content (AvgIpc) is 2.36. The zero-order chi connectivity index (χ0) is 15.0. The van der Waals surface area contributed by atoms with Crippen molar-refractivity contribution >= 4 is 11.6 Å². The molecule has 0 fully saturated rings. The molecule has 0 aliphatic carbocycles. The molecule has 1 aromatic rings. The number of nitrogens with zero attached hydrogens (tertiary/aromatic N) is 1. The standard InChI is InChI=1S/C15H24ClNO3/c1-12(2)20-11-14(18)10-17(3)7-8-19-15-6-4-5-13(16)9-15/h4-6,9,12,14,18H,7-8,10-11H2,1-3H3/t14-/m0/s1. The third-order valence-electron chi connectivity index (χ3n) is 2.68. The van der Waals surface area contributed by atoms with Crippen molar-refractivity contribution in [3.8, 4) is 5.75 Å². The van der Waals surface area contributed by atoms with Crippen LogP contribution in [0.3, 0.4) is 0 Å². The largest absolute Gasteiger partial charge is 0.492 e. The second kappa shape index (κ2) is 9.19. The number of aliphatic hydroxyl groups is 1. The maximum atomic E-state index is 9.80. The van der Waals surface area contributed by atoms with Gasteiger partial charge in [0.2, 0.25) is 0 Å². The van der Waals surface area contributed by atoms with Crippen LogP contribution in [0.25, 0.3) is 0 Å². The highest BCUT2D eigenvalue weighted by molar-refractivity contribution is 6.30. The SMILES string of the molecule is CC(C)OC[C@@H](O)CN(C)CCOc1cccc(Cl)c1. The monoisotopic (exact) mass is 301 g/mol. The summed E-state index contributed by atoms with van der Waals surface area (Å²) in [5.74, 6) is 0.759. The molecule has 1 atom stereocenters. The van der Waals surface area contributed by atoms with E-state index in [0.717, 1.165) is 12.3 Å². The highest BCUT2D eigenvalue weighted by atomic mass is 35.5. The Balaban J connectivity index is 2.18. The molecule has 0 unspecified atom stereocenters. The molecular formula is C15H24ClNO3. The molecule has 0 aromatic heterocycles. The van der Waals surface area contributed by atoms with Gasteiger partial charge < -0.3 is 19.5 Å². The van der Waals surface area contributed by atoms with Crippen molar-refractivity contribution in [2.45, 2.75) is 26.1 Å². The number of hydrogen-bond donors (Lipinski definition) is 1. The van der Waals surface area contributed by atoms with Crippen molar-refractivity contribution in [2.24, 2.45) is 0 Å². The van der Waals surface area contributed by atoms with Gasteiger partial charge in [-0.15, -0.1) is 0 Å². The van der Waals surface area contributed by atoms with Crippen LogP contribution in [0.15, 0.2) is 24.3 Å². The van der Waals surface area contributed by atoms with Gasteiger partial charge in [0, 0.05) is 18.1 Å². The van der Waals surface area contributed by atoms with Crippen LogP contribution in [0.2, 0.25) is 5.02 Å². The molecule has 0 saturated carbocycles. The molecular weight excluding hydrogens is 278 g/mol. The maximum absolute atomic E-state index is 9.80. The molecule has 5 heteroatoms. The predicted molar refractivity (Wildman–Crippen MR) is 81.5 cm³/mol. The van der Waals surface area contributed by atoms with E-state index in [1.807, 2.05) is 44.0 Å². The second-order valence-electron chi connectivity index (χ2n) is 5.10. The third-order valence-corrected chi connectivity index (χ3v) is 2.92. The fourth-order valence-corrected chi connectivity index (χ4v) is 1.86. The highest BCUT2D eigenvalue weighted by Crippen LogP contribution is 2.16. The molecule has 0 radical (unpaired) electrons. The maximum Gasteiger partial charge on any atom is 0.120 e. The lowest BCUT2D eigenvalue weighted by molar-refractivity contribution is -0.00649. The van der Waals surface area contributed by atoms with Crippen LogP contribution in [0.5, 0.6) is 5.75 Å². The van der Waals surface area contributed by atoms with Crippen LogP contribution in [0.1, 0.15) is 13.8 Å². The van der Waals surface area contributed by atoms with Crippen molar-refractivity contribution in [2.75, 3.05) is 33.4 Å². The number of aliphatic hydroxyl groups excluding tert-OH is 1. The van der Waals surface area contributed by atoms with Crippen molar-refractivity contribution in [3.05, 3.63) is 29.3 Å².